The molecule has 3 rings (SSSR count). The fourth-order valence-corrected chi connectivity index (χ4v) is 4.07. The monoisotopic (exact) mass is 389 g/mol. The molecule has 2 aromatic rings. The van der Waals surface area contributed by atoms with E-state index in [1.165, 1.54) is 16.8 Å². The summed E-state index contributed by atoms with van der Waals surface area (Å²) in [6.45, 7) is 2.43. The number of carbonyl (C=O) groups excluding carboxylic acids is 1. The van der Waals surface area contributed by atoms with Gasteiger partial charge in [0.15, 0.2) is 0 Å². The Morgan fingerprint density at radius 1 is 1.19 bits per heavy atom. The molecular formula is C18H23N5O3S. The van der Waals surface area contributed by atoms with Crippen LogP contribution in [0, 0.1) is 6.92 Å². The first-order chi connectivity index (χ1) is 12.8. The van der Waals surface area contributed by atoms with E-state index in [1.54, 1.807) is 32.2 Å². The highest BCUT2D eigenvalue weighted by atomic mass is 32.2. The standard InChI is InChI=1S/C18H23N5O3S/c1-13-11-16(23(2)21-13)18(24)20-14-7-6-8-15(12-14)27(25,26)22-17-9-4-3-5-10-19-17/h6-8,11-12H,3-5,9-10H2,1-2H3,(H,19,22)(H,20,24). The Bertz CT molecular complexity index is 979. The molecule has 0 saturated carbocycles. The molecular weight excluding hydrogens is 366 g/mol. The lowest BCUT2D eigenvalue weighted by Gasteiger charge is -2.11. The molecule has 0 saturated heterocycles. The summed E-state index contributed by atoms with van der Waals surface area (Å²) in [5, 5.41) is 6.86. The summed E-state index contributed by atoms with van der Waals surface area (Å²) in [6, 6.07) is 7.82. The molecule has 1 aromatic carbocycles. The van der Waals surface area contributed by atoms with Crippen molar-refractivity contribution < 1.29 is 13.2 Å². The summed E-state index contributed by atoms with van der Waals surface area (Å²) in [6.07, 6.45) is 3.56. The fraction of sp³-hybridized carbons (Fsp3) is 0.389. The maximum absolute atomic E-state index is 12.7. The van der Waals surface area contributed by atoms with Gasteiger partial charge in [-0.05, 0) is 44.0 Å². The van der Waals surface area contributed by atoms with Crippen LogP contribution in [-0.2, 0) is 17.1 Å². The van der Waals surface area contributed by atoms with Gasteiger partial charge in [-0.3, -0.25) is 19.2 Å². The number of sulfonamides is 1. The highest BCUT2D eigenvalue weighted by Gasteiger charge is 2.18. The highest BCUT2D eigenvalue weighted by Crippen LogP contribution is 2.17. The van der Waals surface area contributed by atoms with Gasteiger partial charge in [-0.25, -0.2) is 8.42 Å². The normalized spacial score (nSPS) is 15.0. The predicted molar refractivity (Wildman–Crippen MR) is 103 cm³/mol. The number of hydrogen-bond acceptors (Lipinski definition) is 5. The van der Waals surface area contributed by atoms with Crippen molar-refractivity contribution in [2.45, 2.75) is 37.5 Å². The van der Waals surface area contributed by atoms with Gasteiger partial charge in [0.25, 0.3) is 15.9 Å². The SMILES string of the molecule is Cc1cc(C(=O)Nc2cccc(S(=O)(=O)NC3=NCCCCC3)c2)n(C)n1. The van der Waals surface area contributed by atoms with Crippen LogP contribution in [0.3, 0.4) is 0 Å². The van der Waals surface area contributed by atoms with Crippen LogP contribution < -0.4 is 10.0 Å². The number of carbonyl (C=O) groups is 1. The van der Waals surface area contributed by atoms with Gasteiger partial charge in [0.05, 0.1) is 10.6 Å². The first kappa shape index (κ1) is 19.1. The summed E-state index contributed by atoms with van der Waals surface area (Å²) < 4.78 is 29.4. The van der Waals surface area contributed by atoms with Crippen molar-refractivity contribution in [1.82, 2.24) is 14.5 Å². The van der Waals surface area contributed by atoms with Crippen molar-refractivity contribution >= 4 is 27.5 Å². The predicted octanol–water partition coefficient (Wildman–Crippen LogP) is 2.23. The molecule has 0 unspecified atom stereocenters. The van der Waals surface area contributed by atoms with E-state index in [9.17, 15) is 13.2 Å². The third-order valence-corrected chi connectivity index (χ3v) is 5.64. The lowest BCUT2D eigenvalue weighted by Crippen LogP contribution is -2.30. The molecule has 0 fully saturated rings. The van der Waals surface area contributed by atoms with Crippen LogP contribution >= 0.6 is 0 Å². The third-order valence-electron chi connectivity index (χ3n) is 4.26. The van der Waals surface area contributed by atoms with Crippen molar-refractivity contribution in [3.63, 3.8) is 0 Å². The Morgan fingerprint density at radius 2 is 2.00 bits per heavy atom. The molecule has 8 nitrogen and oxygen atoms in total. The molecule has 1 aliphatic heterocycles. The topological polar surface area (TPSA) is 105 Å². The van der Waals surface area contributed by atoms with Gasteiger partial charge in [0, 0.05) is 25.7 Å². The van der Waals surface area contributed by atoms with Gasteiger partial charge in [-0.15, -0.1) is 0 Å². The number of benzene rings is 1. The molecule has 0 spiro atoms. The van der Waals surface area contributed by atoms with Gasteiger partial charge < -0.3 is 5.32 Å². The lowest BCUT2D eigenvalue weighted by atomic mass is 10.2. The van der Waals surface area contributed by atoms with E-state index in [-0.39, 0.29) is 10.8 Å². The van der Waals surface area contributed by atoms with Crippen LogP contribution in [0.15, 0.2) is 40.2 Å². The smallest absolute Gasteiger partial charge is 0.273 e. The molecule has 2 N–H and O–H groups in total. The number of aromatic nitrogens is 2. The maximum Gasteiger partial charge on any atom is 0.273 e. The first-order valence-electron chi connectivity index (χ1n) is 8.83. The minimum atomic E-state index is -3.75. The van der Waals surface area contributed by atoms with Gasteiger partial charge in [-0.1, -0.05) is 12.5 Å². The van der Waals surface area contributed by atoms with Crippen LogP contribution in [0.1, 0.15) is 41.9 Å². The molecule has 0 radical (unpaired) electrons. The molecule has 1 aromatic heterocycles. The Balaban J connectivity index is 1.77. The molecule has 1 aliphatic rings. The van der Waals surface area contributed by atoms with Crippen LogP contribution in [0.25, 0.3) is 0 Å². The summed E-state index contributed by atoms with van der Waals surface area (Å²) in [5.74, 6) is 0.140. The Kier molecular flexibility index (Phi) is 5.59. The Hall–Kier alpha value is -2.68. The van der Waals surface area contributed by atoms with E-state index in [1.807, 2.05) is 0 Å². The molecule has 9 heteroatoms. The number of aryl methyl sites for hydroxylation is 2. The van der Waals surface area contributed by atoms with E-state index < -0.39 is 10.0 Å². The second kappa shape index (κ2) is 7.91. The zero-order valence-corrected chi connectivity index (χ0v) is 16.2. The van der Waals surface area contributed by atoms with E-state index in [0.717, 1.165) is 25.0 Å². The van der Waals surface area contributed by atoms with Crippen LogP contribution in [-0.4, -0.2) is 36.5 Å². The van der Waals surface area contributed by atoms with Gasteiger partial charge in [0.1, 0.15) is 11.5 Å². The van der Waals surface area contributed by atoms with Crippen molar-refractivity contribution in [2.75, 3.05) is 11.9 Å². The Labute approximate surface area is 158 Å². The number of nitrogens with zero attached hydrogens (tertiary/aromatic N) is 3. The Morgan fingerprint density at radius 3 is 2.74 bits per heavy atom. The number of aliphatic imine (C=N–C) groups is 1. The van der Waals surface area contributed by atoms with Crippen LogP contribution in [0.2, 0.25) is 0 Å². The molecule has 144 valence electrons. The van der Waals surface area contributed by atoms with Gasteiger partial charge in [-0.2, -0.15) is 5.10 Å². The fourth-order valence-electron chi connectivity index (χ4n) is 2.93. The van der Waals surface area contributed by atoms with E-state index in [2.05, 4.69) is 20.1 Å². The number of nitrogens with one attached hydrogen (secondary N) is 2. The van der Waals surface area contributed by atoms with Crippen LogP contribution in [0.4, 0.5) is 5.69 Å². The largest absolute Gasteiger partial charge is 0.321 e. The molecule has 0 atom stereocenters. The average molecular weight is 389 g/mol. The summed E-state index contributed by atoms with van der Waals surface area (Å²) in [5.41, 5.74) is 1.52. The second-order valence-corrected chi connectivity index (χ2v) is 8.20. The minimum Gasteiger partial charge on any atom is -0.321 e. The van der Waals surface area contributed by atoms with Crippen molar-refractivity contribution in [2.24, 2.45) is 12.0 Å². The number of anilines is 1. The van der Waals surface area contributed by atoms with E-state index >= 15 is 0 Å². The number of amides is 1. The second-order valence-electron chi connectivity index (χ2n) is 6.52. The quantitative estimate of drug-likeness (QED) is 0.836. The molecule has 0 aliphatic carbocycles. The van der Waals surface area contributed by atoms with Crippen molar-refractivity contribution in [1.29, 1.82) is 0 Å². The molecule has 2 heterocycles. The van der Waals surface area contributed by atoms with Gasteiger partial charge in [0.2, 0.25) is 0 Å². The minimum absolute atomic E-state index is 0.0773. The molecule has 1 amide bonds. The average Bonchev–Trinajstić information content (AvgIpc) is 2.80. The lowest BCUT2D eigenvalue weighted by molar-refractivity contribution is 0.101. The highest BCUT2D eigenvalue weighted by molar-refractivity contribution is 7.90. The number of amidine groups is 1. The summed E-state index contributed by atoms with van der Waals surface area (Å²) in [7, 11) is -2.07. The van der Waals surface area contributed by atoms with Crippen molar-refractivity contribution in [3.05, 3.63) is 41.7 Å². The number of hydrogen-bond donors (Lipinski definition) is 2. The van der Waals surface area contributed by atoms with Crippen LogP contribution in [0.5, 0.6) is 0 Å². The van der Waals surface area contributed by atoms with E-state index in [4.69, 9.17) is 0 Å². The van der Waals surface area contributed by atoms with E-state index in [0.29, 0.717) is 30.2 Å². The van der Waals surface area contributed by atoms with Crippen molar-refractivity contribution in [3.8, 4) is 0 Å². The zero-order valence-electron chi connectivity index (χ0n) is 15.4. The first-order valence-corrected chi connectivity index (χ1v) is 10.3. The van der Waals surface area contributed by atoms with Gasteiger partial charge >= 0.3 is 0 Å². The molecule has 27 heavy (non-hydrogen) atoms. The summed E-state index contributed by atoms with van der Waals surface area (Å²) in [4.78, 5) is 16.8. The summed E-state index contributed by atoms with van der Waals surface area (Å²) >= 11 is 0. The maximum atomic E-state index is 12.7. The number of rotatable bonds is 4. The third kappa shape index (κ3) is 4.73. The zero-order chi connectivity index (χ0) is 19.4. The molecule has 0 bridgehead atoms.